The minimum Gasteiger partial charge on any atom is -0.207 e. The summed E-state index contributed by atoms with van der Waals surface area (Å²) in [6, 6.07) is 13.1. The molecule has 0 bridgehead atoms. The molecule has 0 spiro atoms. The number of benzene rings is 2. The molecular weight excluding hydrogens is 338 g/mol. The van der Waals surface area contributed by atoms with Gasteiger partial charge in [-0.2, -0.15) is 0 Å². The first-order valence-electron chi connectivity index (χ1n) is 8.28. The summed E-state index contributed by atoms with van der Waals surface area (Å²) < 4.78 is 28.0. The molecule has 0 unspecified atom stereocenters. The highest BCUT2D eigenvalue weighted by Crippen LogP contribution is 2.26. The maximum atomic E-state index is 12.6. The van der Waals surface area contributed by atoms with Gasteiger partial charge in [0.2, 0.25) is 10.0 Å². The molecule has 2 aromatic carbocycles. The Morgan fingerprint density at radius 3 is 2.33 bits per heavy atom. The van der Waals surface area contributed by atoms with Gasteiger partial charge < -0.3 is 0 Å². The van der Waals surface area contributed by atoms with Gasteiger partial charge in [0, 0.05) is 10.9 Å². The van der Waals surface area contributed by atoms with Gasteiger partial charge in [0.25, 0.3) is 0 Å². The molecule has 0 heterocycles. The van der Waals surface area contributed by atoms with Gasteiger partial charge in [-0.1, -0.05) is 18.2 Å². The number of aryl methyl sites for hydroxylation is 2. The Morgan fingerprint density at radius 2 is 1.67 bits per heavy atom. The van der Waals surface area contributed by atoms with Gasteiger partial charge in [-0.05, 0) is 79.8 Å². The third-order valence-corrected chi connectivity index (χ3v) is 6.87. The van der Waals surface area contributed by atoms with Crippen LogP contribution in [-0.4, -0.2) is 14.7 Å². The smallest absolute Gasteiger partial charge is 0.207 e. The lowest BCUT2D eigenvalue weighted by Gasteiger charge is -2.20. The lowest BCUT2D eigenvalue weighted by molar-refractivity contribution is 0.566. The molecule has 128 valence electrons. The molecule has 0 fully saturated rings. The highest BCUT2D eigenvalue weighted by Gasteiger charge is 2.19. The van der Waals surface area contributed by atoms with Crippen molar-refractivity contribution in [3.8, 4) is 0 Å². The van der Waals surface area contributed by atoms with E-state index < -0.39 is 10.0 Å². The summed E-state index contributed by atoms with van der Waals surface area (Å²) >= 11 is 1.60. The molecular formula is C19H23NO2S2. The highest BCUT2D eigenvalue weighted by atomic mass is 32.2. The second-order valence-corrected chi connectivity index (χ2v) is 8.85. The molecule has 1 aliphatic carbocycles. The van der Waals surface area contributed by atoms with Crippen LogP contribution in [0.4, 0.5) is 0 Å². The monoisotopic (exact) mass is 361 g/mol. The summed E-state index contributed by atoms with van der Waals surface area (Å²) in [4.78, 5) is 1.36. The molecule has 1 atom stereocenters. The zero-order chi connectivity index (χ0) is 17.2. The highest BCUT2D eigenvalue weighted by molar-refractivity contribution is 7.98. The van der Waals surface area contributed by atoms with Crippen molar-refractivity contribution in [2.24, 2.45) is 0 Å². The Bertz CT molecular complexity index is 814. The lowest BCUT2D eigenvalue weighted by Crippen LogP contribution is -2.27. The van der Waals surface area contributed by atoms with E-state index >= 15 is 0 Å². The first kappa shape index (κ1) is 17.5. The molecule has 0 aromatic heterocycles. The van der Waals surface area contributed by atoms with E-state index in [1.165, 1.54) is 24.0 Å². The predicted molar refractivity (Wildman–Crippen MR) is 100 cm³/mol. The molecule has 3 rings (SSSR count). The van der Waals surface area contributed by atoms with Gasteiger partial charge in [0.15, 0.2) is 0 Å². The van der Waals surface area contributed by atoms with Crippen LogP contribution in [0.2, 0.25) is 0 Å². The first-order chi connectivity index (χ1) is 11.5. The molecule has 1 N–H and O–H groups in total. The van der Waals surface area contributed by atoms with Crippen molar-refractivity contribution in [3.05, 3.63) is 59.2 Å². The summed E-state index contributed by atoms with van der Waals surface area (Å²) in [5.41, 5.74) is 3.81. The number of thioether (sulfide) groups is 1. The summed E-state index contributed by atoms with van der Waals surface area (Å²) in [6.07, 6.45) is 6.68. The van der Waals surface area contributed by atoms with Crippen LogP contribution in [0.1, 0.15) is 42.5 Å². The Balaban J connectivity index is 1.78. The van der Waals surface area contributed by atoms with E-state index in [-0.39, 0.29) is 6.04 Å². The van der Waals surface area contributed by atoms with Crippen molar-refractivity contribution in [3.63, 3.8) is 0 Å². The zero-order valence-corrected chi connectivity index (χ0v) is 15.7. The fraction of sp³-hybridized carbons (Fsp3) is 0.368. The van der Waals surface area contributed by atoms with E-state index in [4.69, 9.17) is 0 Å². The average molecular weight is 362 g/mol. The Morgan fingerprint density at radius 1 is 1.00 bits per heavy atom. The summed E-state index contributed by atoms with van der Waals surface area (Å²) in [6.45, 7) is 1.90. The third kappa shape index (κ3) is 3.85. The lowest BCUT2D eigenvalue weighted by atomic mass is 9.89. The second-order valence-electron chi connectivity index (χ2n) is 6.25. The van der Waals surface area contributed by atoms with E-state index in [2.05, 4.69) is 16.9 Å². The van der Waals surface area contributed by atoms with Crippen molar-refractivity contribution < 1.29 is 8.42 Å². The molecule has 0 saturated carbocycles. The van der Waals surface area contributed by atoms with Crippen LogP contribution in [0, 0.1) is 0 Å². The Labute approximate surface area is 148 Å². The predicted octanol–water partition coefficient (Wildman–Crippen LogP) is 4.33. The molecule has 0 aliphatic heterocycles. The molecule has 24 heavy (non-hydrogen) atoms. The van der Waals surface area contributed by atoms with Crippen LogP contribution in [0.25, 0.3) is 0 Å². The largest absolute Gasteiger partial charge is 0.241 e. The van der Waals surface area contributed by atoms with E-state index in [9.17, 15) is 8.42 Å². The van der Waals surface area contributed by atoms with Gasteiger partial charge in [0.1, 0.15) is 0 Å². The maximum absolute atomic E-state index is 12.6. The normalized spacial score (nSPS) is 15.8. The summed E-state index contributed by atoms with van der Waals surface area (Å²) in [5.74, 6) is 0. The quantitative estimate of drug-likeness (QED) is 0.807. The standard InChI is InChI=1S/C19H23NO2S2/c1-14(16-8-7-15-5-3-4-6-17(15)13-16)20-24(21,22)19-11-9-18(23-2)10-12-19/h7-14,20H,3-6H2,1-2H3/t14-/m0/s1. The van der Waals surface area contributed by atoms with Gasteiger partial charge in [0.05, 0.1) is 4.90 Å². The Hall–Kier alpha value is -1.30. The number of rotatable bonds is 5. The van der Waals surface area contributed by atoms with E-state index in [1.807, 2.05) is 31.4 Å². The van der Waals surface area contributed by atoms with Crippen molar-refractivity contribution in [2.45, 2.75) is 48.4 Å². The second kappa shape index (κ2) is 7.30. The van der Waals surface area contributed by atoms with Crippen LogP contribution in [0.5, 0.6) is 0 Å². The number of hydrogen-bond donors (Lipinski definition) is 1. The Kier molecular flexibility index (Phi) is 5.33. The third-order valence-electron chi connectivity index (χ3n) is 4.57. The maximum Gasteiger partial charge on any atom is 0.241 e. The van der Waals surface area contributed by atoms with Crippen molar-refractivity contribution in [1.82, 2.24) is 4.72 Å². The minimum absolute atomic E-state index is 0.248. The molecule has 3 nitrogen and oxygen atoms in total. The summed E-state index contributed by atoms with van der Waals surface area (Å²) in [7, 11) is -3.51. The van der Waals surface area contributed by atoms with Gasteiger partial charge >= 0.3 is 0 Å². The van der Waals surface area contributed by atoms with Gasteiger partial charge in [-0.25, -0.2) is 13.1 Å². The van der Waals surface area contributed by atoms with Crippen LogP contribution in [0.3, 0.4) is 0 Å². The number of sulfonamides is 1. The molecule has 5 heteroatoms. The van der Waals surface area contributed by atoms with Crippen LogP contribution in [0.15, 0.2) is 52.3 Å². The van der Waals surface area contributed by atoms with Crippen molar-refractivity contribution in [2.75, 3.05) is 6.26 Å². The van der Waals surface area contributed by atoms with Crippen LogP contribution in [-0.2, 0) is 22.9 Å². The summed E-state index contributed by atoms with van der Waals surface area (Å²) in [5, 5.41) is 0. The van der Waals surface area contributed by atoms with E-state index in [1.54, 1.807) is 23.9 Å². The number of fused-ring (bicyclic) bond motifs is 1. The van der Waals surface area contributed by atoms with Crippen LogP contribution < -0.4 is 4.72 Å². The SMILES string of the molecule is CSc1ccc(S(=O)(=O)N[C@@H](C)c2ccc3c(c2)CCCC3)cc1. The van der Waals surface area contributed by atoms with Crippen molar-refractivity contribution >= 4 is 21.8 Å². The van der Waals surface area contributed by atoms with Gasteiger partial charge in [-0.3, -0.25) is 0 Å². The fourth-order valence-electron chi connectivity index (χ4n) is 3.15. The van der Waals surface area contributed by atoms with Crippen molar-refractivity contribution in [1.29, 1.82) is 0 Å². The van der Waals surface area contributed by atoms with Crippen LogP contribution >= 0.6 is 11.8 Å². The fourth-order valence-corrected chi connectivity index (χ4v) is 4.79. The molecule has 0 amide bonds. The zero-order valence-electron chi connectivity index (χ0n) is 14.1. The molecule has 2 aromatic rings. The molecule has 1 aliphatic rings. The minimum atomic E-state index is -3.51. The molecule has 0 radical (unpaired) electrons. The number of nitrogens with one attached hydrogen (secondary N) is 1. The van der Waals surface area contributed by atoms with E-state index in [0.29, 0.717) is 4.90 Å². The van der Waals surface area contributed by atoms with Gasteiger partial charge in [-0.15, -0.1) is 11.8 Å². The first-order valence-corrected chi connectivity index (χ1v) is 11.0. The topological polar surface area (TPSA) is 46.2 Å². The molecule has 0 saturated heterocycles. The van der Waals surface area contributed by atoms with E-state index in [0.717, 1.165) is 23.3 Å². The average Bonchev–Trinajstić information content (AvgIpc) is 2.61. The number of hydrogen-bond acceptors (Lipinski definition) is 3.